The molecule has 3 rings (SSSR count). The molecule has 120 valence electrons. The van der Waals surface area contributed by atoms with E-state index in [0.29, 0.717) is 30.5 Å². The normalized spacial score (nSPS) is 23.9. The molecule has 0 bridgehead atoms. The van der Waals surface area contributed by atoms with Crippen LogP contribution in [0.3, 0.4) is 0 Å². The summed E-state index contributed by atoms with van der Waals surface area (Å²) in [6.45, 7) is 4.13. The van der Waals surface area contributed by atoms with E-state index in [-0.39, 0.29) is 11.8 Å². The summed E-state index contributed by atoms with van der Waals surface area (Å²) in [7, 11) is 0. The molecule has 1 aliphatic carbocycles. The van der Waals surface area contributed by atoms with E-state index in [1.165, 1.54) is 11.8 Å². The Morgan fingerprint density at radius 2 is 2.27 bits per heavy atom. The Morgan fingerprint density at radius 3 is 2.95 bits per heavy atom. The van der Waals surface area contributed by atoms with Crippen molar-refractivity contribution in [3.63, 3.8) is 0 Å². The Morgan fingerprint density at radius 1 is 1.50 bits per heavy atom. The molecule has 1 atom stereocenters. The molecule has 1 aliphatic heterocycles. The van der Waals surface area contributed by atoms with E-state index in [1.54, 1.807) is 0 Å². The van der Waals surface area contributed by atoms with Crippen LogP contribution in [-0.2, 0) is 16.0 Å². The van der Waals surface area contributed by atoms with Gasteiger partial charge in [-0.05, 0) is 26.7 Å². The number of rotatable bonds is 5. The van der Waals surface area contributed by atoms with E-state index >= 15 is 0 Å². The topological polar surface area (TPSA) is 97.1 Å². The first-order valence-corrected chi connectivity index (χ1v) is 8.49. The van der Waals surface area contributed by atoms with Crippen molar-refractivity contribution in [2.24, 2.45) is 0 Å². The summed E-state index contributed by atoms with van der Waals surface area (Å²) in [5.41, 5.74) is 0. The number of amides is 2. The highest BCUT2D eigenvalue weighted by Crippen LogP contribution is 2.38. The van der Waals surface area contributed by atoms with Crippen molar-refractivity contribution < 1.29 is 14.1 Å². The zero-order chi connectivity index (χ0) is 15.7. The maximum Gasteiger partial charge on any atom is 0.243 e. The first-order chi connectivity index (χ1) is 10.5. The summed E-state index contributed by atoms with van der Waals surface area (Å²) in [6, 6.07) is -0.477. The van der Waals surface area contributed by atoms with Crippen LogP contribution in [0.5, 0.6) is 0 Å². The fourth-order valence-electron chi connectivity index (χ4n) is 2.16. The zero-order valence-corrected chi connectivity index (χ0v) is 13.5. The van der Waals surface area contributed by atoms with Gasteiger partial charge in [0.25, 0.3) is 0 Å². The Kier molecular flexibility index (Phi) is 4.12. The van der Waals surface area contributed by atoms with Gasteiger partial charge in [0.05, 0.1) is 4.75 Å². The molecule has 7 nitrogen and oxygen atoms in total. The van der Waals surface area contributed by atoms with Crippen LogP contribution in [0.4, 0.5) is 0 Å². The van der Waals surface area contributed by atoms with Crippen molar-refractivity contribution in [1.82, 2.24) is 20.8 Å². The molecule has 2 amide bonds. The Labute approximate surface area is 133 Å². The van der Waals surface area contributed by atoms with Gasteiger partial charge in [-0.3, -0.25) is 9.59 Å². The zero-order valence-electron chi connectivity index (χ0n) is 12.7. The smallest absolute Gasteiger partial charge is 0.243 e. The van der Waals surface area contributed by atoms with E-state index in [4.69, 9.17) is 4.52 Å². The minimum atomic E-state index is -0.477. The lowest BCUT2D eigenvalue weighted by Gasteiger charge is -2.32. The van der Waals surface area contributed by atoms with Gasteiger partial charge in [0.15, 0.2) is 5.82 Å². The third-order valence-electron chi connectivity index (χ3n) is 3.84. The molecule has 0 unspecified atom stereocenters. The second kappa shape index (κ2) is 5.91. The molecule has 1 aromatic rings. The Hall–Kier alpha value is -1.57. The minimum Gasteiger partial charge on any atom is -0.354 e. The van der Waals surface area contributed by atoms with Gasteiger partial charge in [-0.25, -0.2) is 0 Å². The van der Waals surface area contributed by atoms with Crippen molar-refractivity contribution in [3.05, 3.63) is 11.7 Å². The number of carbonyl (C=O) groups is 2. The predicted octanol–water partition coefficient (Wildman–Crippen LogP) is 0.616. The largest absolute Gasteiger partial charge is 0.354 e. The minimum absolute atomic E-state index is 0.102. The van der Waals surface area contributed by atoms with Crippen LogP contribution < -0.4 is 10.6 Å². The highest BCUT2D eigenvalue weighted by molar-refractivity contribution is 8.01. The molecule has 1 aromatic heterocycles. The lowest BCUT2D eigenvalue weighted by molar-refractivity contribution is -0.129. The standard InChI is InChI=1S/C14H20N4O3S/c1-14(2)13(20)16-9(7-22-14)12(19)15-6-5-10-17-11(18-21-10)8-3-4-8/h8-9H,3-7H2,1-2H3,(H,15,19)(H,16,20)/t9-/m1/s1. The number of hydrogen-bond donors (Lipinski definition) is 2. The molecule has 0 spiro atoms. The second-order valence-corrected chi connectivity index (χ2v) is 7.85. The molecular formula is C14H20N4O3S. The Balaban J connectivity index is 1.43. The van der Waals surface area contributed by atoms with Gasteiger partial charge in [-0.1, -0.05) is 5.16 Å². The van der Waals surface area contributed by atoms with E-state index in [9.17, 15) is 9.59 Å². The van der Waals surface area contributed by atoms with Crippen LogP contribution in [0.15, 0.2) is 4.52 Å². The fraction of sp³-hybridized carbons (Fsp3) is 0.714. The summed E-state index contributed by atoms with van der Waals surface area (Å²) in [5, 5.41) is 9.50. The lowest BCUT2D eigenvalue weighted by Crippen LogP contribution is -2.57. The number of nitrogens with zero attached hydrogens (tertiary/aromatic N) is 2. The number of hydrogen-bond acceptors (Lipinski definition) is 6. The fourth-order valence-corrected chi connectivity index (χ4v) is 3.17. The van der Waals surface area contributed by atoms with Gasteiger partial charge in [-0.15, -0.1) is 11.8 Å². The summed E-state index contributed by atoms with van der Waals surface area (Å²) in [4.78, 5) is 28.2. The number of carbonyl (C=O) groups excluding carboxylic acids is 2. The summed E-state index contributed by atoms with van der Waals surface area (Å²) >= 11 is 1.49. The monoisotopic (exact) mass is 324 g/mol. The molecule has 2 fully saturated rings. The van der Waals surface area contributed by atoms with Crippen molar-refractivity contribution in [1.29, 1.82) is 0 Å². The average Bonchev–Trinajstić information content (AvgIpc) is 3.22. The van der Waals surface area contributed by atoms with Crippen molar-refractivity contribution in [2.45, 2.75) is 49.8 Å². The van der Waals surface area contributed by atoms with Gasteiger partial charge < -0.3 is 15.2 Å². The SMILES string of the molecule is CC1(C)SC[C@H](C(=O)NCCc2nc(C3CC3)no2)NC1=O. The predicted molar refractivity (Wildman–Crippen MR) is 81.5 cm³/mol. The van der Waals surface area contributed by atoms with Crippen LogP contribution in [-0.4, -0.2) is 45.0 Å². The van der Waals surface area contributed by atoms with Crippen LogP contribution >= 0.6 is 11.8 Å². The van der Waals surface area contributed by atoms with Crippen molar-refractivity contribution >= 4 is 23.6 Å². The molecule has 1 saturated heterocycles. The molecule has 2 heterocycles. The Bertz CT molecular complexity index is 582. The molecule has 1 saturated carbocycles. The third kappa shape index (κ3) is 3.43. The molecule has 8 heteroatoms. The molecule has 0 radical (unpaired) electrons. The maximum atomic E-state index is 12.1. The van der Waals surface area contributed by atoms with Gasteiger partial charge >= 0.3 is 0 Å². The molecule has 2 N–H and O–H groups in total. The molecule has 2 aliphatic rings. The first kappa shape index (κ1) is 15.3. The van der Waals surface area contributed by atoms with Crippen molar-refractivity contribution in [2.75, 3.05) is 12.3 Å². The number of aromatic nitrogens is 2. The van der Waals surface area contributed by atoms with Gasteiger partial charge in [0.1, 0.15) is 6.04 Å². The quantitative estimate of drug-likeness (QED) is 0.824. The molecular weight excluding hydrogens is 304 g/mol. The van der Waals surface area contributed by atoms with Gasteiger partial charge in [-0.2, -0.15) is 4.98 Å². The van der Waals surface area contributed by atoms with E-state index in [1.807, 2.05) is 13.8 Å². The van der Waals surface area contributed by atoms with Gasteiger partial charge in [0, 0.05) is 24.6 Å². The van der Waals surface area contributed by atoms with E-state index in [2.05, 4.69) is 20.8 Å². The first-order valence-electron chi connectivity index (χ1n) is 7.51. The number of thioether (sulfide) groups is 1. The van der Waals surface area contributed by atoms with E-state index in [0.717, 1.165) is 18.7 Å². The van der Waals surface area contributed by atoms with Crippen LogP contribution in [0.1, 0.15) is 44.3 Å². The summed E-state index contributed by atoms with van der Waals surface area (Å²) < 4.78 is 4.68. The summed E-state index contributed by atoms with van der Waals surface area (Å²) in [6.07, 6.45) is 2.76. The van der Waals surface area contributed by atoms with Crippen molar-refractivity contribution in [3.8, 4) is 0 Å². The van der Waals surface area contributed by atoms with Gasteiger partial charge in [0.2, 0.25) is 17.7 Å². The van der Waals surface area contributed by atoms with Crippen LogP contribution in [0, 0.1) is 0 Å². The average molecular weight is 324 g/mol. The highest BCUT2D eigenvalue weighted by atomic mass is 32.2. The number of nitrogens with one attached hydrogen (secondary N) is 2. The van der Waals surface area contributed by atoms with Crippen LogP contribution in [0.25, 0.3) is 0 Å². The summed E-state index contributed by atoms with van der Waals surface area (Å²) in [5.74, 6) is 2.10. The third-order valence-corrected chi connectivity index (χ3v) is 5.25. The highest BCUT2D eigenvalue weighted by Gasteiger charge is 2.37. The second-order valence-electron chi connectivity index (χ2n) is 6.21. The molecule has 22 heavy (non-hydrogen) atoms. The van der Waals surface area contributed by atoms with E-state index < -0.39 is 10.8 Å². The molecule has 0 aromatic carbocycles. The lowest BCUT2D eigenvalue weighted by atomic mass is 10.1. The van der Waals surface area contributed by atoms with Crippen LogP contribution in [0.2, 0.25) is 0 Å². The maximum absolute atomic E-state index is 12.1.